The highest BCUT2D eigenvalue weighted by atomic mass is 79.9. The van der Waals surface area contributed by atoms with Crippen LogP contribution in [0, 0.1) is 0 Å². The van der Waals surface area contributed by atoms with Crippen LogP contribution < -0.4 is 0 Å². The topological polar surface area (TPSA) is 17.1 Å². The van der Waals surface area contributed by atoms with E-state index in [1.807, 2.05) is 6.07 Å². The summed E-state index contributed by atoms with van der Waals surface area (Å²) in [6, 6.07) is 5.86. The van der Waals surface area contributed by atoms with Crippen LogP contribution >= 0.6 is 39.9 Å². The minimum atomic E-state index is 0.727. The molecule has 0 saturated heterocycles. The molecule has 1 heterocycles. The number of aldehydes is 1. The summed E-state index contributed by atoms with van der Waals surface area (Å²) in [5, 5.41) is 1.92. The van der Waals surface area contributed by atoms with Crippen LogP contribution in [-0.4, -0.2) is 6.29 Å². The summed E-state index contributed by atoms with van der Waals surface area (Å²) in [4.78, 5) is 12.9. The summed E-state index contributed by atoms with van der Waals surface area (Å²) in [6.45, 7) is 0. The van der Waals surface area contributed by atoms with Crippen LogP contribution in [0.4, 0.5) is 0 Å². The van der Waals surface area contributed by atoms with Crippen LogP contribution in [-0.2, 0) is 5.33 Å². The Morgan fingerprint density at radius 2 is 2.21 bits per heavy atom. The van der Waals surface area contributed by atoms with E-state index in [2.05, 4.69) is 34.6 Å². The summed E-state index contributed by atoms with van der Waals surface area (Å²) in [6.07, 6.45) is 0.885. The Balaban J connectivity index is 2.77. The maximum Gasteiger partial charge on any atom is 0.151 e. The third-order valence-corrected chi connectivity index (χ3v) is 4.37. The molecule has 0 bridgehead atoms. The fraction of sp³-hybridized carbons (Fsp3) is 0.100. The molecule has 1 aromatic carbocycles. The zero-order chi connectivity index (χ0) is 10.1. The lowest BCUT2D eigenvalue weighted by atomic mass is 10.2. The highest BCUT2D eigenvalue weighted by molar-refractivity contribution is 9.08. The average molecular weight is 287 g/mol. The number of hydrogen-bond acceptors (Lipinski definition) is 3. The highest BCUT2D eigenvalue weighted by Crippen LogP contribution is 2.31. The number of carbonyl (C=O) groups is 1. The summed E-state index contributed by atoms with van der Waals surface area (Å²) < 4.78 is 1.05. The van der Waals surface area contributed by atoms with Gasteiger partial charge in [0, 0.05) is 25.4 Å². The van der Waals surface area contributed by atoms with E-state index in [-0.39, 0.29) is 0 Å². The molecule has 0 atom stereocenters. The van der Waals surface area contributed by atoms with Gasteiger partial charge in [-0.15, -0.1) is 24.0 Å². The molecule has 0 amide bonds. The van der Waals surface area contributed by atoms with E-state index in [4.69, 9.17) is 0 Å². The molecule has 72 valence electrons. The largest absolute Gasteiger partial charge is 0.298 e. The number of carbonyl (C=O) groups excluding carboxylic acids is 1. The van der Waals surface area contributed by atoms with Crippen LogP contribution in [0.1, 0.15) is 15.2 Å². The van der Waals surface area contributed by atoms with E-state index in [9.17, 15) is 4.79 Å². The number of thiophene rings is 1. The molecule has 0 aliphatic carbocycles. The molecule has 0 unspecified atom stereocenters. The van der Waals surface area contributed by atoms with E-state index in [1.54, 1.807) is 17.4 Å². The zero-order valence-corrected chi connectivity index (χ0v) is 10.5. The summed E-state index contributed by atoms with van der Waals surface area (Å²) in [5.74, 6) is 0. The number of thiol groups is 1. The maximum atomic E-state index is 10.8. The predicted molar refractivity (Wildman–Crippen MR) is 67.1 cm³/mol. The first-order chi connectivity index (χ1) is 6.74. The Bertz CT molecular complexity index is 490. The molecule has 0 fully saturated rings. The first kappa shape index (κ1) is 10.2. The normalized spacial score (nSPS) is 10.7. The van der Waals surface area contributed by atoms with Gasteiger partial charge in [0.15, 0.2) is 6.29 Å². The minimum absolute atomic E-state index is 0.727. The number of halogens is 1. The number of rotatable bonds is 2. The Kier molecular flexibility index (Phi) is 2.95. The molecule has 0 N–H and O–H groups in total. The van der Waals surface area contributed by atoms with E-state index >= 15 is 0 Å². The molecular formula is C10H7BrOS2. The van der Waals surface area contributed by atoms with Crippen molar-refractivity contribution >= 4 is 56.3 Å². The van der Waals surface area contributed by atoms with Crippen molar-refractivity contribution in [3.05, 3.63) is 28.6 Å². The van der Waals surface area contributed by atoms with Crippen molar-refractivity contribution in [3.63, 3.8) is 0 Å². The second-order valence-corrected chi connectivity index (χ2v) is 5.13. The van der Waals surface area contributed by atoms with Gasteiger partial charge in [-0.05, 0) is 23.6 Å². The van der Waals surface area contributed by atoms with Gasteiger partial charge in [0.1, 0.15) is 0 Å². The van der Waals surface area contributed by atoms with Gasteiger partial charge in [-0.1, -0.05) is 15.9 Å². The summed E-state index contributed by atoms with van der Waals surface area (Å²) in [7, 11) is 0. The lowest BCUT2D eigenvalue weighted by molar-refractivity contribution is 0.112. The second kappa shape index (κ2) is 4.04. The smallest absolute Gasteiger partial charge is 0.151 e. The third kappa shape index (κ3) is 1.74. The van der Waals surface area contributed by atoms with Crippen LogP contribution in [0.2, 0.25) is 0 Å². The molecule has 4 heteroatoms. The molecule has 0 aliphatic heterocycles. The van der Waals surface area contributed by atoms with E-state index in [0.29, 0.717) is 0 Å². The van der Waals surface area contributed by atoms with Crippen LogP contribution in [0.25, 0.3) is 10.1 Å². The molecule has 1 nitrogen and oxygen atoms in total. The molecule has 0 saturated carbocycles. The lowest BCUT2D eigenvalue weighted by Crippen LogP contribution is -1.79. The van der Waals surface area contributed by atoms with Gasteiger partial charge >= 0.3 is 0 Å². The Labute approximate surface area is 99.7 Å². The van der Waals surface area contributed by atoms with Crippen molar-refractivity contribution in [1.82, 2.24) is 0 Å². The molecule has 2 rings (SSSR count). The zero-order valence-electron chi connectivity index (χ0n) is 7.16. The van der Waals surface area contributed by atoms with Crippen molar-refractivity contribution in [2.24, 2.45) is 0 Å². The van der Waals surface area contributed by atoms with E-state index in [0.717, 1.165) is 32.2 Å². The van der Waals surface area contributed by atoms with Gasteiger partial charge in [0.2, 0.25) is 0 Å². The molecule has 1 aromatic heterocycles. The predicted octanol–water partition coefficient (Wildman–Crippen LogP) is 3.90. The SMILES string of the molecule is O=Cc1cc(S)cc2cc(CBr)sc12. The van der Waals surface area contributed by atoms with Crippen molar-refractivity contribution in [2.45, 2.75) is 10.2 Å². The quantitative estimate of drug-likeness (QED) is 0.503. The Hall–Kier alpha value is -0.320. The number of alkyl halides is 1. The first-order valence-corrected chi connectivity index (χ1v) is 6.39. The van der Waals surface area contributed by atoms with Crippen molar-refractivity contribution < 1.29 is 4.79 Å². The van der Waals surface area contributed by atoms with Crippen LogP contribution in [0.5, 0.6) is 0 Å². The van der Waals surface area contributed by atoms with Crippen molar-refractivity contribution in [1.29, 1.82) is 0 Å². The average Bonchev–Trinajstić information content (AvgIpc) is 2.59. The number of benzene rings is 1. The van der Waals surface area contributed by atoms with Gasteiger partial charge in [0.25, 0.3) is 0 Å². The fourth-order valence-corrected chi connectivity index (χ4v) is 3.12. The van der Waals surface area contributed by atoms with Gasteiger partial charge in [-0.2, -0.15) is 0 Å². The first-order valence-electron chi connectivity index (χ1n) is 4.01. The van der Waals surface area contributed by atoms with Gasteiger partial charge in [-0.25, -0.2) is 0 Å². The number of fused-ring (bicyclic) bond motifs is 1. The van der Waals surface area contributed by atoms with E-state index in [1.165, 1.54) is 4.88 Å². The maximum absolute atomic E-state index is 10.8. The second-order valence-electron chi connectivity index (χ2n) is 2.92. The lowest BCUT2D eigenvalue weighted by Gasteiger charge is -1.95. The van der Waals surface area contributed by atoms with E-state index < -0.39 is 0 Å². The van der Waals surface area contributed by atoms with Crippen LogP contribution in [0.15, 0.2) is 23.1 Å². The highest BCUT2D eigenvalue weighted by Gasteiger charge is 2.06. The molecular weight excluding hydrogens is 280 g/mol. The standard InChI is InChI=1S/C10H7BrOS2/c11-4-9-3-6-1-8(13)2-7(5-12)10(6)14-9/h1-3,5,13H,4H2. The monoisotopic (exact) mass is 286 g/mol. The molecule has 0 spiro atoms. The van der Waals surface area contributed by atoms with Gasteiger partial charge in [-0.3, -0.25) is 4.79 Å². The van der Waals surface area contributed by atoms with Crippen molar-refractivity contribution in [3.8, 4) is 0 Å². The molecule has 2 aromatic rings. The third-order valence-electron chi connectivity index (χ3n) is 1.94. The van der Waals surface area contributed by atoms with Crippen LogP contribution in [0.3, 0.4) is 0 Å². The van der Waals surface area contributed by atoms with Gasteiger partial charge < -0.3 is 0 Å². The summed E-state index contributed by atoms with van der Waals surface area (Å²) >= 11 is 9.31. The Morgan fingerprint density at radius 1 is 1.43 bits per heavy atom. The molecule has 0 radical (unpaired) electrons. The number of hydrogen-bond donors (Lipinski definition) is 1. The molecule has 14 heavy (non-hydrogen) atoms. The summed E-state index contributed by atoms with van der Waals surface area (Å²) in [5.41, 5.74) is 0.727. The fourth-order valence-electron chi connectivity index (χ4n) is 1.37. The van der Waals surface area contributed by atoms with Crippen molar-refractivity contribution in [2.75, 3.05) is 0 Å². The minimum Gasteiger partial charge on any atom is -0.298 e. The van der Waals surface area contributed by atoms with Gasteiger partial charge in [0.05, 0.1) is 0 Å². The molecule has 0 aliphatic rings. The Morgan fingerprint density at radius 3 is 2.86 bits per heavy atom.